The van der Waals surface area contributed by atoms with Gasteiger partial charge in [-0.05, 0) is 31.5 Å². The second-order valence-electron chi connectivity index (χ2n) is 6.29. The van der Waals surface area contributed by atoms with Gasteiger partial charge in [-0.2, -0.15) is 0 Å². The Labute approximate surface area is 123 Å². The molecule has 0 aliphatic rings. The Morgan fingerprint density at radius 1 is 1.20 bits per heavy atom. The number of amides is 1. The maximum Gasteiger partial charge on any atom is 0.315 e. The lowest BCUT2D eigenvalue weighted by molar-refractivity contribution is -0.145. The highest BCUT2D eigenvalue weighted by Gasteiger charge is 2.36. The molecule has 0 aliphatic heterocycles. The van der Waals surface area contributed by atoms with Crippen LogP contribution in [0.1, 0.15) is 40.5 Å². The van der Waals surface area contributed by atoms with Crippen molar-refractivity contribution in [3.8, 4) is 0 Å². The van der Waals surface area contributed by atoms with Gasteiger partial charge in [0.05, 0.1) is 6.61 Å². The lowest BCUT2D eigenvalue weighted by atomic mass is 10.2. The number of carbonyl (C=O) groups excluding carboxylic acids is 2. The van der Waals surface area contributed by atoms with Gasteiger partial charge in [-0.1, -0.05) is 20.8 Å². The molecule has 118 valence electrons. The van der Waals surface area contributed by atoms with Crippen molar-refractivity contribution < 1.29 is 18.8 Å². The maximum atomic E-state index is 11.4. The van der Waals surface area contributed by atoms with Crippen molar-refractivity contribution in [2.45, 2.75) is 58.7 Å². The van der Waals surface area contributed by atoms with Gasteiger partial charge in [0.15, 0.2) is 8.32 Å². The van der Waals surface area contributed by atoms with Crippen LogP contribution in [0, 0.1) is 0 Å². The smallest absolute Gasteiger partial charge is 0.315 e. The summed E-state index contributed by atoms with van der Waals surface area (Å²) in [4.78, 5) is 22.5. The number of carbonyl (C=O) groups is 2. The zero-order valence-electron chi connectivity index (χ0n) is 13.7. The van der Waals surface area contributed by atoms with E-state index in [2.05, 4.69) is 39.2 Å². The Morgan fingerprint density at radius 2 is 1.80 bits per heavy atom. The van der Waals surface area contributed by atoms with Crippen LogP contribution in [0.3, 0.4) is 0 Å². The second-order valence-corrected chi connectivity index (χ2v) is 11.1. The number of hydrogen-bond donors (Lipinski definition) is 1. The van der Waals surface area contributed by atoms with Gasteiger partial charge in [-0.15, -0.1) is 0 Å². The predicted octanol–water partition coefficient (Wildman–Crippen LogP) is 2.47. The van der Waals surface area contributed by atoms with Gasteiger partial charge in [-0.25, -0.2) is 0 Å². The molecule has 0 saturated carbocycles. The Bertz CT molecular complexity index is 324. The number of rotatable bonds is 8. The average Bonchev–Trinajstić information content (AvgIpc) is 2.26. The molecule has 0 aromatic rings. The highest BCUT2D eigenvalue weighted by atomic mass is 28.4. The summed E-state index contributed by atoms with van der Waals surface area (Å²) < 4.78 is 10.7. The zero-order valence-corrected chi connectivity index (χ0v) is 14.7. The number of ether oxygens (including phenoxy) is 1. The van der Waals surface area contributed by atoms with Gasteiger partial charge in [0.2, 0.25) is 5.91 Å². The maximum absolute atomic E-state index is 11.4. The summed E-state index contributed by atoms with van der Waals surface area (Å²) in [6.07, 6.45) is 0.540. The highest BCUT2D eigenvalue weighted by molar-refractivity contribution is 6.74. The average molecular weight is 303 g/mol. The molecule has 5 nitrogen and oxygen atoms in total. The molecule has 0 fully saturated rings. The zero-order chi connectivity index (χ0) is 15.8. The minimum Gasteiger partial charge on any atom is -0.466 e. The standard InChI is InChI=1S/C14H29NO4Si/c1-7-18-13(17)11-12(16)15-9-8-10-19-20(5,6)14(2,3)4/h7-11H2,1-6H3,(H,15,16). The number of nitrogens with one attached hydrogen (secondary N) is 1. The van der Waals surface area contributed by atoms with E-state index in [1.54, 1.807) is 6.92 Å². The van der Waals surface area contributed by atoms with E-state index in [1.807, 2.05) is 0 Å². The van der Waals surface area contributed by atoms with Gasteiger partial charge < -0.3 is 14.5 Å². The Hall–Kier alpha value is -0.883. The van der Waals surface area contributed by atoms with Crippen molar-refractivity contribution in [1.29, 1.82) is 0 Å². The van der Waals surface area contributed by atoms with Gasteiger partial charge in [0.1, 0.15) is 6.42 Å². The molecule has 1 amide bonds. The van der Waals surface area contributed by atoms with Gasteiger partial charge in [-0.3, -0.25) is 9.59 Å². The summed E-state index contributed by atoms with van der Waals surface area (Å²) in [5.41, 5.74) is 0. The van der Waals surface area contributed by atoms with E-state index in [9.17, 15) is 9.59 Å². The van der Waals surface area contributed by atoms with E-state index in [-0.39, 0.29) is 17.4 Å². The molecule has 0 atom stereocenters. The van der Waals surface area contributed by atoms with Crippen LogP contribution in [-0.4, -0.2) is 40.0 Å². The molecule has 0 radical (unpaired) electrons. The van der Waals surface area contributed by atoms with Crippen LogP contribution in [0.4, 0.5) is 0 Å². The molecule has 0 aromatic heterocycles. The summed E-state index contributed by atoms with van der Waals surface area (Å²) in [5.74, 6) is -0.779. The van der Waals surface area contributed by atoms with Crippen LogP contribution in [0.2, 0.25) is 18.1 Å². The van der Waals surface area contributed by atoms with Crippen LogP contribution in [0.25, 0.3) is 0 Å². The fourth-order valence-corrected chi connectivity index (χ4v) is 2.34. The molecule has 6 heteroatoms. The molecule has 0 aromatic carbocycles. The third-order valence-corrected chi connectivity index (χ3v) is 8.06. The van der Waals surface area contributed by atoms with Crippen LogP contribution in [0.15, 0.2) is 0 Å². The topological polar surface area (TPSA) is 64.6 Å². The Balaban J connectivity index is 3.77. The summed E-state index contributed by atoms with van der Waals surface area (Å²) >= 11 is 0. The third-order valence-electron chi connectivity index (χ3n) is 3.52. The molecule has 1 N–H and O–H groups in total. The first-order chi connectivity index (χ1) is 9.10. The van der Waals surface area contributed by atoms with Crippen molar-refractivity contribution in [1.82, 2.24) is 5.32 Å². The first-order valence-corrected chi connectivity index (χ1v) is 10.1. The highest BCUT2D eigenvalue weighted by Crippen LogP contribution is 2.36. The summed E-state index contributed by atoms with van der Waals surface area (Å²) in [7, 11) is -1.71. The molecule has 0 heterocycles. The van der Waals surface area contributed by atoms with Crippen LogP contribution in [0.5, 0.6) is 0 Å². The lowest BCUT2D eigenvalue weighted by Gasteiger charge is -2.36. The summed E-state index contributed by atoms with van der Waals surface area (Å²) in [5, 5.41) is 2.89. The van der Waals surface area contributed by atoms with Crippen molar-refractivity contribution in [2.75, 3.05) is 19.8 Å². The minimum atomic E-state index is -1.71. The van der Waals surface area contributed by atoms with Crippen molar-refractivity contribution >= 4 is 20.2 Å². The molecule has 0 bridgehead atoms. The number of esters is 1. The third kappa shape index (κ3) is 7.64. The van der Waals surface area contributed by atoms with Crippen LogP contribution >= 0.6 is 0 Å². The van der Waals surface area contributed by atoms with Crippen molar-refractivity contribution in [3.05, 3.63) is 0 Å². The largest absolute Gasteiger partial charge is 0.466 e. The first kappa shape index (κ1) is 19.1. The molecule has 20 heavy (non-hydrogen) atoms. The second kappa shape index (κ2) is 8.41. The van der Waals surface area contributed by atoms with E-state index in [0.717, 1.165) is 6.42 Å². The van der Waals surface area contributed by atoms with E-state index >= 15 is 0 Å². The van der Waals surface area contributed by atoms with Crippen LogP contribution in [-0.2, 0) is 18.8 Å². The Kier molecular flexibility index (Phi) is 8.04. The molecule has 0 spiro atoms. The molecule has 0 saturated heterocycles. The number of hydrogen-bond acceptors (Lipinski definition) is 4. The van der Waals surface area contributed by atoms with Crippen LogP contribution < -0.4 is 5.32 Å². The molecule has 0 aliphatic carbocycles. The predicted molar refractivity (Wildman–Crippen MR) is 82.0 cm³/mol. The van der Waals surface area contributed by atoms with Crippen molar-refractivity contribution in [2.24, 2.45) is 0 Å². The normalized spacial score (nSPS) is 12.1. The molecule has 0 unspecified atom stereocenters. The molecule has 0 rings (SSSR count). The molecular weight excluding hydrogens is 274 g/mol. The quantitative estimate of drug-likeness (QED) is 0.324. The van der Waals surface area contributed by atoms with E-state index in [4.69, 9.17) is 9.16 Å². The fraction of sp³-hybridized carbons (Fsp3) is 0.857. The van der Waals surface area contributed by atoms with Gasteiger partial charge in [0, 0.05) is 13.2 Å². The molecular formula is C14H29NO4Si. The monoisotopic (exact) mass is 303 g/mol. The Morgan fingerprint density at radius 3 is 2.30 bits per heavy atom. The summed E-state index contributed by atoms with van der Waals surface area (Å²) in [6, 6.07) is 0. The van der Waals surface area contributed by atoms with Gasteiger partial charge >= 0.3 is 5.97 Å². The van der Waals surface area contributed by atoms with E-state index in [1.165, 1.54) is 0 Å². The van der Waals surface area contributed by atoms with Gasteiger partial charge in [0.25, 0.3) is 0 Å². The fourth-order valence-electron chi connectivity index (χ4n) is 1.25. The lowest BCUT2D eigenvalue weighted by Crippen LogP contribution is -2.41. The first-order valence-electron chi connectivity index (χ1n) is 7.16. The summed E-state index contributed by atoms with van der Waals surface area (Å²) in [6.45, 7) is 14.2. The minimum absolute atomic E-state index is 0.195. The van der Waals surface area contributed by atoms with E-state index < -0.39 is 14.3 Å². The van der Waals surface area contributed by atoms with Crippen molar-refractivity contribution in [3.63, 3.8) is 0 Å². The van der Waals surface area contributed by atoms with E-state index in [0.29, 0.717) is 19.8 Å². The SMILES string of the molecule is CCOC(=O)CC(=O)NCCCO[Si](C)(C)C(C)(C)C.